The summed E-state index contributed by atoms with van der Waals surface area (Å²) in [6.07, 6.45) is 0.395. The minimum atomic E-state index is -0.276. The van der Waals surface area contributed by atoms with Crippen molar-refractivity contribution in [1.29, 1.82) is 0 Å². The average Bonchev–Trinajstić information content (AvgIpc) is 2.13. The van der Waals surface area contributed by atoms with Gasteiger partial charge in [0.05, 0.1) is 16.8 Å². The van der Waals surface area contributed by atoms with Crippen LogP contribution in [0.2, 0.25) is 0 Å². The third-order valence-corrected chi connectivity index (χ3v) is 1.99. The van der Waals surface area contributed by atoms with Crippen molar-refractivity contribution in [3.05, 3.63) is 16.1 Å². The molecule has 0 aliphatic heterocycles. The molecule has 1 aromatic rings. The molecular weight excluding hydrogens is 146 g/mol. The lowest BCUT2D eigenvalue weighted by Crippen LogP contribution is -2.04. The van der Waals surface area contributed by atoms with Crippen LogP contribution < -0.4 is 0 Å². The minimum absolute atomic E-state index is 0.276. The first-order valence-corrected chi connectivity index (χ1v) is 4.15. The summed E-state index contributed by atoms with van der Waals surface area (Å²) in [5.74, 6) is 0. The van der Waals surface area contributed by atoms with Gasteiger partial charge in [0.2, 0.25) is 0 Å². The van der Waals surface area contributed by atoms with Gasteiger partial charge in [-0.05, 0) is 13.8 Å². The number of nitrogens with zero attached hydrogens (tertiary/aromatic N) is 1. The molecule has 0 fully saturated rings. The van der Waals surface area contributed by atoms with Crippen LogP contribution in [0.1, 0.15) is 17.6 Å². The SMILES string of the molecule is Cc1nc(CC(C)O)cs1. The van der Waals surface area contributed by atoms with Crippen molar-refractivity contribution in [2.24, 2.45) is 0 Å². The molecule has 1 heterocycles. The van der Waals surface area contributed by atoms with Crippen LogP contribution >= 0.6 is 11.3 Å². The molecule has 1 rings (SSSR count). The zero-order valence-electron chi connectivity index (χ0n) is 6.16. The number of hydrogen-bond acceptors (Lipinski definition) is 3. The Kier molecular flexibility index (Phi) is 2.40. The number of aryl methyl sites for hydroxylation is 1. The lowest BCUT2D eigenvalue weighted by molar-refractivity contribution is 0.194. The van der Waals surface area contributed by atoms with E-state index in [1.54, 1.807) is 18.3 Å². The van der Waals surface area contributed by atoms with E-state index in [1.807, 2.05) is 12.3 Å². The summed E-state index contributed by atoms with van der Waals surface area (Å²) in [7, 11) is 0. The molecule has 10 heavy (non-hydrogen) atoms. The van der Waals surface area contributed by atoms with Crippen LogP contribution in [0.5, 0.6) is 0 Å². The predicted octanol–water partition coefficient (Wildman–Crippen LogP) is 1.37. The monoisotopic (exact) mass is 157 g/mol. The summed E-state index contributed by atoms with van der Waals surface area (Å²) < 4.78 is 0. The second-order valence-corrected chi connectivity index (χ2v) is 3.47. The summed E-state index contributed by atoms with van der Waals surface area (Å²) in [6, 6.07) is 0. The minimum Gasteiger partial charge on any atom is -0.393 e. The third kappa shape index (κ3) is 2.08. The van der Waals surface area contributed by atoms with E-state index in [9.17, 15) is 0 Å². The summed E-state index contributed by atoms with van der Waals surface area (Å²) >= 11 is 1.62. The van der Waals surface area contributed by atoms with E-state index in [0.29, 0.717) is 6.42 Å². The average molecular weight is 157 g/mol. The van der Waals surface area contributed by atoms with E-state index < -0.39 is 0 Å². The Morgan fingerprint density at radius 3 is 2.90 bits per heavy atom. The van der Waals surface area contributed by atoms with Gasteiger partial charge in [-0.1, -0.05) is 0 Å². The molecule has 0 radical (unpaired) electrons. The Morgan fingerprint density at radius 1 is 1.80 bits per heavy atom. The summed E-state index contributed by atoms with van der Waals surface area (Å²) in [5.41, 5.74) is 0.998. The van der Waals surface area contributed by atoms with Crippen molar-refractivity contribution in [3.8, 4) is 0 Å². The third-order valence-electron chi connectivity index (χ3n) is 1.17. The van der Waals surface area contributed by atoms with E-state index in [0.717, 1.165) is 10.7 Å². The molecule has 2 nitrogen and oxygen atoms in total. The van der Waals surface area contributed by atoms with Gasteiger partial charge in [-0.3, -0.25) is 0 Å². The molecule has 56 valence electrons. The van der Waals surface area contributed by atoms with Crippen molar-refractivity contribution in [1.82, 2.24) is 4.98 Å². The topological polar surface area (TPSA) is 33.1 Å². The maximum atomic E-state index is 8.98. The molecule has 0 amide bonds. The fourth-order valence-electron chi connectivity index (χ4n) is 0.805. The largest absolute Gasteiger partial charge is 0.393 e. The first kappa shape index (κ1) is 7.69. The highest BCUT2D eigenvalue weighted by atomic mass is 32.1. The lowest BCUT2D eigenvalue weighted by atomic mass is 10.2. The van der Waals surface area contributed by atoms with Gasteiger partial charge in [0, 0.05) is 11.8 Å². The molecule has 1 N–H and O–H groups in total. The molecule has 0 bridgehead atoms. The standard InChI is InChI=1S/C7H11NOS/c1-5(9)3-7-4-10-6(2)8-7/h4-5,9H,3H2,1-2H3. The molecule has 0 aliphatic rings. The van der Waals surface area contributed by atoms with E-state index in [2.05, 4.69) is 4.98 Å². The first-order chi connectivity index (χ1) is 4.68. The van der Waals surface area contributed by atoms with Gasteiger partial charge in [0.25, 0.3) is 0 Å². The number of aliphatic hydroxyl groups excluding tert-OH is 1. The van der Waals surface area contributed by atoms with E-state index in [-0.39, 0.29) is 6.10 Å². The second kappa shape index (κ2) is 3.12. The lowest BCUT2D eigenvalue weighted by Gasteiger charge is -1.97. The van der Waals surface area contributed by atoms with Gasteiger partial charge >= 0.3 is 0 Å². The van der Waals surface area contributed by atoms with Crippen LogP contribution in [-0.2, 0) is 6.42 Å². The Balaban J connectivity index is 2.58. The molecule has 0 saturated carbocycles. The number of thiazole rings is 1. The quantitative estimate of drug-likeness (QED) is 0.703. The van der Waals surface area contributed by atoms with Gasteiger partial charge < -0.3 is 5.11 Å². The van der Waals surface area contributed by atoms with Crippen molar-refractivity contribution < 1.29 is 5.11 Å². The molecule has 1 atom stereocenters. The van der Waals surface area contributed by atoms with Crippen molar-refractivity contribution in [2.75, 3.05) is 0 Å². The first-order valence-electron chi connectivity index (χ1n) is 3.27. The highest BCUT2D eigenvalue weighted by Gasteiger charge is 2.01. The molecule has 0 aromatic carbocycles. The Morgan fingerprint density at radius 2 is 2.50 bits per heavy atom. The molecule has 0 spiro atoms. The summed E-state index contributed by atoms with van der Waals surface area (Å²) in [6.45, 7) is 3.74. The zero-order chi connectivity index (χ0) is 7.56. The molecule has 0 saturated heterocycles. The van der Waals surface area contributed by atoms with E-state index >= 15 is 0 Å². The molecule has 1 aromatic heterocycles. The smallest absolute Gasteiger partial charge is 0.0897 e. The van der Waals surface area contributed by atoms with Gasteiger partial charge in [0.15, 0.2) is 0 Å². The Hall–Kier alpha value is -0.410. The molecule has 1 unspecified atom stereocenters. The van der Waals surface area contributed by atoms with Crippen LogP contribution in [0.15, 0.2) is 5.38 Å². The second-order valence-electron chi connectivity index (χ2n) is 2.41. The number of hydrogen-bond donors (Lipinski definition) is 1. The highest BCUT2D eigenvalue weighted by molar-refractivity contribution is 7.09. The normalized spacial score (nSPS) is 13.5. The Labute approximate surface area is 64.5 Å². The van der Waals surface area contributed by atoms with Crippen molar-refractivity contribution >= 4 is 11.3 Å². The molecular formula is C7H11NOS. The Bertz CT molecular complexity index is 207. The van der Waals surface area contributed by atoms with Crippen molar-refractivity contribution in [2.45, 2.75) is 26.4 Å². The highest BCUT2D eigenvalue weighted by Crippen LogP contribution is 2.09. The van der Waals surface area contributed by atoms with Crippen LogP contribution in [0.4, 0.5) is 0 Å². The maximum absolute atomic E-state index is 8.98. The zero-order valence-corrected chi connectivity index (χ0v) is 6.98. The van der Waals surface area contributed by atoms with Crippen LogP contribution in [0.25, 0.3) is 0 Å². The van der Waals surface area contributed by atoms with Gasteiger partial charge in [-0.25, -0.2) is 4.98 Å². The van der Waals surface area contributed by atoms with Gasteiger partial charge in [0.1, 0.15) is 0 Å². The fraction of sp³-hybridized carbons (Fsp3) is 0.571. The fourth-order valence-corrected chi connectivity index (χ4v) is 1.43. The summed E-state index contributed by atoms with van der Waals surface area (Å²) in [4.78, 5) is 4.21. The van der Waals surface area contributed by atoms with Crippen LogP contribution in [-0.4, -0.2) is 16.2 Å². The van der Waals surface area contributed by atoms with E-state index in [4.69, 9.17) is 5.11 Å². The number of aliphatic hydroxyl groups is 1. The maximum Gasteiger partial charge on any atom is 0.0897 e. The van der Waals surface area contributed by atoms with E-state index in [1.165, 1.54) is 0 Å². The number of rotatable bonds is 2. The van der Waals surface area contributed by atoms with Crippen molar-refractivity contribution in [3.63, 3.8) is 0 Å². The van der Waals surface area contributed by atoms with Gasteiger partial charge in [-0.15, -0.1) is 11.3 Å². The van der Waals surface area contributed by atoms with Gasteiger partial charge in [-0.2, -0.15) is 0 Å². The van der Waals surface area contributed by atoms with Crippen LogP contribution in [0.3, 0.4) is 0 Å². The predicted molar refractivity (Wildman–Crippen MR) is 42.2 cm³/mol. The molecule has 0 aliphatic carbocycles. The number of aromatic nitrogens is 1. The summed E-state index contributed by atoms with van der Waals surface area (Å²) in [5, 5.41) is 12.0. The van der Waals surface area contributed by atoms with Crippen LogP contribution in [0, 0.1) is 6.92 Å². The molecule has 3 heteroatoms.